The third-order valence-electron chi connectivity index (χ3n) is 2.87. The van der Waals surface area contributed by atoms with Crippen LogP contribution in [0.4, 0.5) is 0 Å². The summed E-state index contributed by atoms with van der Waals surface area (Å²) in [5.41, 5.74) is 1.20. The number of fused-ring (bicyclic) bond motifs is 1. The fourth-order valence-electron chi connectivity index (χ4n) is 1.84. The quantitative estimate of drug-likeness (QED) is 0.792. The average Bonchev–Trinajstić information content (AvgIpc) is 2.44. The number of ketones is 2. The summed E-state index contributed by atoms with van der Waals surface area (Å²) in [7, 11) is 1.28. The first kappa shape index (κ1) is 13.5. The van der Waals surface area contributed by atoms with Gasteiger partial charge in [-0.3, -0.25) is 14.4 Å². The Morgan fingerprint density at radius 2 is 1.74 bits per heavy atom. The molecule has 19 heavy (non-hydrogen) atoms. The maximum atomic E-state index is 12.3. The zero-order chi connectivity index (χ0) is 14.0. The molecule has 0 spiro atoms. The number of carbonyl (C=O) groups excluding carboxylic acids is 3. The summed E-state index contributed by atoms with van der Waals surface area (Å²) in [5, 5.41) is 0. The summed E-state index contributed by atoms with van der Waals surface area (Å²) in [5.74, 6) is -0.779. The van der Waals surface area contributed by atoms with Crippen molar-refractivity contribution in [2.24, 2.45) is 0 Å². The van der Waals surface area contributed by atoms with Crippen molar-refractivity contribution in [3.8, 4) is 0 Å². The second-order valence-corrected chi connectivity index (χ2v) is 5.01. The number of methoxy groups -OCH3 is 1. The van der Waals surface area contributed by atoms with E-state index < -0.39 is 5.97 Å². The van der Waals surface area contributed by atoms with Gasteiger partial charge in [-0.2, -0.15) is 0 Å². The molecular weight excluding hydrogens is 264 g/mol. The van der Waals surface area contributed by atoms with Crippen LogP contribution in [0.1, 0.15) is 27.6 Å². The van der Waals surface area contributed by atoms with Crippen LogP contribution >= 0.6 is 11.8 Å². The Morgan fingerprint density at radius 1 is 1.16 bits per heavy atom. The van der Waals surface area contributed by atoms with Crippen molar-refractivity contribution in [3.63, 3.8) is 0 Å². The topological polar surface area (TPSA) is 60.4 Å². The molecule has 2 rings (SSSR count). The average molecular weight is 276 g/mol. The normalized spacial score (nSPS) is 14.4. The van der Waals surface area contributed by atoms with Gasteiger partial charge in [-0.25, -0.2) is 0 Å². The fourth-order valence-corrected chi connectivity index (χ4v) is 2.77. The van der Waals surface area contributed by atoms with Crippen LogP contribution in [-0.2, 0) is 9.53 Å². The van der Waals surface area contributed by atoms with E-state index in [2.05, 4.69) is 4.74 Å². The largest absolute Gasteiger partial charge is 0.468 e. The van der Waals surface area contributed by atoms with Gasteiger partial charge in [0.15, 0.2) is 5.78 Å². The van der Waals surface area contributed by atoms with Crippen molar-refractivity contribution < 1.29 is 19.1 Å². The molecule has 0 unspecified atom stereocenters. The Morgan fingerprint density at radius 3 is 2.32 bits per heavy atom. The van der Waals surface area contributed by atoms with Gasteiger partial charge in [0.1, 0.15) is 0 Å². The van der Waals surface area contributed by atoms with E-state index in [0.717, 1.165) is 11.8 Å². The lowest BCUT2D eigenvalue weighted by atomic mass is 9.90. The van der Waals surface area contributed by atoms with Gasteiger partial charge in [0.25, 0.3) is 0 Å². The van der Waals surface area contributed by atoms with Gasteiger partial charge in [-0.15, -0.1) is 11.8 Å². The summed E-state index contributed by atoms with van der Waals surface area (Å²) in [6.07, 6.45) is 0. The molecule has 0 heterocycles. The first-order chi connectivity index (χ1) is 9.06. The number of hydrogen-bond donors (Lipinski definition) is 0. The third-order valence-corrected chi connectivity index (χ3v) is 4.03. The maximum absolute atomic E-state index is 12.3. The fraction of sp³-hybridized carbons (Fsp3) is 0.214. The van der Waals surface area contributed by atoms with Gasteiger partial charge >= 0.3 is 5.97 Å². The molecule has 0 aliphatic heterocycles. The molecule has 0 saturated carbocycles. The van der Waals surface area contributed by atoms with Crippen LogP contribution < -0.4 is 0 Å². The number of rotatable bonds is 3. The Balaban J connectivity index is 2.35. The molecule has 1 aromatic carbocycles. The van der Waals surface area contributed by atoms with Crippen LogP contribution in [0.2, 0.25) is 0 Å². The van der Waals surface area contributed by atoms with Crippen LogP contribution in [0.3, 0.4) is 0 Å². The third kappa shape index (κ3) is 2.46. The van der Waals surface area contributed by atoms with Gasteiger partial charge in [0, 0.05) is 16.7 Å². The number of hydrogen-bond acceptors (Lipinski definition) is 5. The molecule has 4 nitrogen and oxygen atoms in total. The maximum Gasteiger partial charge on any atom is 0.315 e. The molecule has 0 N–H and O–H groups in total. The van der Waals surface area contributed by atoms with Gasteiger partial charge in [-0.05, 0) is 6.92 Å². The number of thioether (sulfide) groups is 1. The van der Waals surface area contributed by atoms with Gasteiger partial charge in [0.05, 0.1) is 17.8 Å². The van der Waals surface area contributed by atoms with Crippen LogP contribution in [-0.4, -0.2) is 30.4 Å². The molecule has 0 saturated heterocycles. The summed E-state index contributed by atoms with van der Waals surface area (Å²) >= 11 is 1.05. The van der Waals surface area contributed by atoms with E-state index in [4.69, 9.17) is 0 Å². The molecule has 0 amide bonds. The van der Waals surface area contributed by atoms with Gasteiger partial charge < -0.3 is 4.74 Å². The number of allylic oxidation sites excluding steroid dienone is 2. The Hall–Kier alpha value is -1.88. The Labute approximate surface area is 114 Å². The minimum absolute atomic E-state index is 0.0182. The molecule has 98 valence electrons. The van der Waals surface area contributed by atoms with E-state index in [1.54, 1.807) is 31.2 Å². The predicted molar refractivity (Wildman–Crippen MR) is 72.3 cm³/mol. The zero-order valence-electron chi connectivity index (χ0n) is 10.6. The van der Waals surface area contributed by atoms with Crippen LogP contribution in [0.25, 0.3) is 0 Å². The van der Waals surface area contributed by atoms with Crippen molar-refractivity contribution in [1.29, 1.82) is 0 Å². The van der Waals surface area contributed by atoms with Crippen LogP contribution in [0.5, 0.6) is 0 Å². The lowest BCUT2D eigenvalue weighted by Gasteiger charge is -2.17. The standard InChI is InChI=1S/C14H12O4S/c1-8-12(16)9-5-3-4-6-10(9)13(17)14(8)19-7-11(15)18-2/h3-6H,7H2,1-2H3. The summed E-state index contributed by atoms with van der Waals surface area (Å²) in [4.78, 5) is 35.9. The number of carbonyl (C=O) groups is 3. The van der Waals surface area contributed by atoms with Crippen LogP contribution in [0, 0.1) is 0 Å². The molecule has 0 atom stereocenters. The van der Waals surface area contributed by atoms with E-state index in [-0.39, 0.29) is 17.3 Å². The Bertz CT molecular complexity index is 601. The minimum atomic E-state index is -0.426. The van der Waals surface area contributed by atoms with Gasteiger partial charge in [0.2, 0.25) is 5.78 Å². The van der Waals surface area contributed by atoms with E-state index in [0.29, 0.717) is 21.6 Å². The Kier molecular flexibility index (Phi) is 3.85. The summed E-state index contributed by atoms with van der Waals surface area (Å²) < 4.78 is 4.53. The molecule has 1 aliphatic carbocycles. The van der Waals surface area contributed by atoms with E-state index in [1.165, 1.54) is 7.11 Å². The number of ether oxygens (including phenoxy) is 1. The van der Waals surface area contributed by atoms with E-state index >= 15 is 0 Å². The molecule has 5 heteroatoms. The molecule has 0 fully saturated rings. The van der Waals surface area contributed by atoms with Gasteiger partial charge in [-0.1, -0.05) is 24.3 Å². The second-order valence-electron chi connectivity index (χ2n) is 4.02. The van der Waals surface area contributed by atoms with Crippen molar-refractivity contribution in [3.05, 3.63) is 45.9 Å². The second kappa shape index (κ2) is 5.40. The highest BCUT2D eigenvalue weighted by Crippen LogP contribution is 2.32. The highest BCUT2D eigenvalue weighted by atomic mass is 32.2. The lowest BCUT2D eigenvalue weighted by molar-refractivity contribution is -0.137. The van der Waals surface area contributed by atoms with Crippen molar-refractivity contribution in [2.75, 3.05) is 12.9 Å². The summed E-state index contributed by atoms with van der Waals surface area (Å²) in [6, 6.07) is 6.71. The number of benzene rings is 1. The first-order valence-electron chi connectivity index (χ1n) is 5.65. The summed E-state index contributed by atoms with van der Waals surface area (Å²) in [6.45, 7) is 1.61. The highest BCUT2D eigenvalue weighted by Gasteiger charge is 2.30. The molecular formula is C14H12O4S. The molecule has 0 bridgehead atoms. The molecule has 0 aromatic heterocycles. The van der Waals surface area contributed by atoms with E-state index in [9.17, 15) is 14.4 Å². The molecule has 1 aliphatic rings. The zero-order valence-corrected chi connectivity index (χ0v) is 11.4. The lowest BCUT2D eigenvalue weighted by Crippen LogP contribution is -2.20. The highest BCUT2D eigenvalue weighted by molar-refractivity contribution is 8.04. The SMILES string of the molecule is COC(=O)CSC1=C(C)C(=O)c2ccccc2C1=O. The van der Waals surface area contributed by atoms with Crippen molar-refractivity contribution >= 4 is 29.3 Å². The predicted octanol–water partition coefficient (Wildman–Crippen LogP) is 2.25. The molecule has 1 aromatic rings. The first-order valence-corrected chi connectivity index (χ1v) is 6.63. The monoisotopic (exact) mass is 276 g/mol. The molecule has 0 radical (unpaired) electrons. The van der Waals surface area contributed by atoms with E-state index in [1.807, 2.05) is 0 Å². The van der Waals surface area contributed by atoms with Crippen molar-refractivity contribution in [1.82, 2.24) is 0 Å². The minimum Gasteiger partial charge on any atom is -0.468 e. The number of Topliss-reactive ketones (excluding diaryl/α,β-unsaturated/α-hetero) is 2. The van der Waals surface area contributed by atoms with Crippen molar-refractivity contribution in [2.45, 2.75) is 6.92 Å². The van der Waals surface area contributed by atoms with Crippen LogP contribution in [0.15, 0.2) is 34.7 Å². The number of esters is 1. The smallest absolute Gasteiger partial charge is 0.315 e.